The van der Waals surface area contributed by atoms with Gasteiger partial charge in [0.15, 0.2) is 5.82 Å². The smallest absolute Gasteiger partial charge is 0.163 e. The van der Waals surface area contributed by atoms with Gasteiger partial charge in [-0.1, -0.05) is 0 Å². The Morgan fingerprint density at radius 2 is 2.29 bits per heavy atom. The molecule has 1 aromatic heterocycles. The highest BCUT2D eigenvalue weighted by atomic mass is 32.1. The molecule has 2 aliphatic rings. The number of hydrogen-bond donors (Lipinski definition) is 1. The second-order valence-electron chi connectivity index (χ2n) is 3.65. The van der Waals surface area contributed by atoms with Crippen LogP contribution in [-0.4, -0.2) is 9.97 Å². The average Bonchev–Trinajstić information content (AvgIpc) is 2.53. The molecule has 1 aliphatic heterocycles. The van der Waals surface area contributed by atoms with Gasteiger partial charge in [0.05, 0.1) is 5.69 Å². The van der Waals surface area contributed by atoms with E-state index in [1.165, 1.54) is 5.57 Å². The van der Waals surface area contributed by atoms with Gasteiger partial charge in [0.25, 0.3) is 0 Å². The summed E-state index contributed by atoms with van der Waals surface area (Å²) in [5.41, 5.74) is 3.49. The normalized spacial score (nSPS) is 23.5. The van der Waals surface area contributed by atoms with Gasteiger partial charge in [-0.2, -0.15) is 12.6 Å². The average molecular weight is 204 g/mol. The third-order valence-corrected chi connectivity index (χ3v) is 3.26. The van der Waals surface area contributed by atoms with E-state index in [1.807, 2.05) is 6.20 Å². The van der Waals surface area contributed by atoms with Crippen molar-refractivity contribution >= 4 is 24.0 Å². The molecule has 2 heterocycles. The Balaban J connectivity index is 2.24. The quantitative estimate of drug-likeness (QED) is 0.658. The summed E-state index contributed by atoms with van der Waals surface area (Å²) in [6.07, 6.45) is 6.83. The van der Waals surface area contributed by atoms with E-state index in [1.54, 1.807) is 6.33 Å². The minimum absolute atomic E-state index is 0.242. The van der Waals surface area contributed by atoms with Gasteiger partial charge in [-0.25, -0.2) is 15.3 Å². The van der Waals surface area contributed by atoms with Gasteiger partial charge in [0, 0.05) is 17.0 Å². The molecule has 71 valence electrons. The van der Waals surface area contributed by atoms with Gasteiger partial charge >= 0.3 is 0 Å². The Hall–Kier alpha value is -1.03. The molecule has 3 nitrogen and oxygen atoms in total. The molecule has 1 aliphatic carbocycles. The van der Waals surface area contributed by atoms with Gasteiger partial charge in [0.1, 0.15) is 6.33 Å². The zero-order valence-corrected chi connectivity index (χ0v) is 8.54. The zero-order valence-electron chi connectivity index (χ0n) is 7.64. The number of hydrogen-bond acceptors (Lipinski definition) is 3. The summed E-state index contributed by atoms with van der Waals surface area (Å²) in [5, 5.41) is 4.52. The maximum atomic E-state index is 4.57. The van der Waals surface area contributed by atoms with Crippen LogP contribution in [-0.2, 0) is 0 Å². The van der Waals surface area contributed by atoms with Crippen molar-refractivity contribution in [2.75, 3.05) is 0 Å². The van der Waals surface area contributed by atoms with Crippen LogP contribution in [0.3, 0.4) is 0 Å². The molecule has 0 bridgehead atoms. The summed E-state index contributed by atoms with van der Waals surface area (Å²) >= 11 is 4.57. The molecule has 3 rings (SSSR count). The first kappa shape index (κ1) is 8.29. The van der Waals surface area contributed by atoms with Gasteiger partial charge in [-0.3, -0.25) is 0 Å². The summed E-state index contributed by atoms with van der Waals surface area (Å²) in [5.74, 6) is 0.825. The van der Waals surface area contributed by atoms with Crippen LogP contribution >= 0.6 is 12.6 Å². The molecule has 1 unspecified atom stereocenters. The van der Waals surface area contributed by atoms with Crippen molar-refractivity contribution in [1.29, 1.82) is 0 Å². The van der Waals surface area contributed by atoms with Crippen molar-refractivity contribution in [1.82, 2.24) is 15.3 Å². The first-order chi connectivity index (χ1) is 6.86. The van der Waals surface area contributed by atoms with Crippen LogP contribution < -0.4 is 5.32 Å². The SMILES string of the molecule is SC1CCCC2=C[N]c3ncnc1c32. The number of allylic oxidation sites excluding steroid dienone is 1. The van der Waals surface area contributed by atoms with Gasteiger partial charge in [-0.15, -0.1) is 0 Å². The highest BCUT2D eigenvalue weighted by molar-refractivity contribution is 7.80. The Morgan fingerprint density at radius 1 is 1.36 bits per heavy atom. The van der Waals surface area contributed by atoms with Gasteiger partial charge < -0.3 is 0 Å². The highest BCUT2D eigenvalue weighted by Crippen LogP contribution is 2.42. The lowest BCUT2D eigenvalue weighted by molar-refractivity contribution is 0.744. The molecule has 0 N–H and O–H groups in total. The van der Waals surface area contributed by atoms with Crippen LogP contribution in [0.25, 0.3) is 5.57 Å². The maximum Gasteiger partial charge on any atom is 0.163 e. The van der Waals surface area contributed by atoms with Crippen molar-refractivity contribution < 1.29 is 0 Å². The molecule has 0 saturated carbocycles. The van der Waals surface area contributed by atoms with E-state index in [-0.39, 0.29) is 5.25 Å². The topological polar surface area (TPSA) is 39.9 Å². The Bertz CT molecular complexity index is 414. The molecule has 0 amide bonds. The number of aromatic nitrogens is 2. The molecule has 0 spiro atoms. The molecule has 14 heavy (non-hydrogen) atoms. The first-order valence-electron chi connectivity index (χ1n) is 4.79. The summed E-state index contributed by atoms with van der Waals surface area (Å²) in [4.78, 5) is 8.49. The van der Waals surface area contributed by atoms with Gasteiger partial charge in [0.2, 0.25) is 0 Å². The van der Waals surface area contributed by atoms with Crippen LogP contribution in [0.2, 0.25) is 0 Å². The molecular weight excluding hydrogens is 194 g/mol. The van der Waals surface area contributed by atoms with Crippen LogP contribution in [0, 0.1) is 0 Å². The second-order valence-corrected chi connectivity index (χ2v) is 4.27. The van der Waals surface area contributed by atoms with E-state index >= 15 is 0 Å². The Kier molecular flexibility index (Phi) is 1.77. The highest BCUT2D eigenvalue weighted by Gasteiger charge is 2.27. The predicted octanol–water partition coefficient (Wildman–Crippen LogP) is 2.22. The van der Waals surface area contributed by atoms with E-state index in [0.29, 0.717) is 0 Å². The first-order valence-corrected chi connectivity index (χ1v) is 5.31. The molecule has 1 atom stereocenters. The Morgan fingerprint density at radius 3 is 3.21 bits per heavy atom. The lowest BCUT2D eigenvalue weighted by Crippen LogP contribution is -1.99. The molecule has 1 aromatic rings. The van der Waals surface area contributed by atoms with E-state index < -0.39 is 0 Å². The van der Waals surface area contributed by atoms with Crippen LogP contribution in [0.15, 0.2) is 12.5 Å². The van der Waals surface area contributed by atoms with Crippen molar-refractivity contribution in [3.63, 3.8) is 0 Å². The third-order valence-electron chi connectivity index (χ3n) is 2.76. The molecule has 0 saturated heterocycles. The second kappa shape index (κ2) is 2.98. The van der Waals surface area contributed by atoms with Crippen molar-refractivity contribution in [2.24, 2.45) is 0 Å². The standard InChI is InChI=1S/C10H10N3S/c14-7-3-1-2-6-4-11-10-8(6)9(7)12-5-13-10/h4-5,7,14H,1-3H2. The lowest BCUT2D eigenvalue weighted by atomic mass is 10.1. The van der Waals surface area contributed by atoms with Crippen molar-refractivity contribution in [3.8, 4) is 0 Å². The molecule has 1 radical (unpaired) electrons. The molecular formula is C10H10N3S. The maximum absolute atomic E-state index is 4.57. The molecule has 4 heteroatoms. The van der Waals surface area contributed by atoms with Crippen molar-refractivity contribution in [3.05, 3.63) is 23.8 Å². The van der Waals surface area contributed by atoms with E-state index in [4.69, 9.17) is 0 Å². The monoisotopic (exact) mass is 204 g/mol. The fourth-order valence-electron chi connectivity index (χ4n) is 2.06. The van der Waals surface area contributed by atoms with E-state index in [0.717, 1.165) is 36.3 Å². The van der Waals surface area contributed by atoms with Crippen LogP contribution in [0.5, 0.6) is 0 Å². The van der Waals surface area contributed by atoms with E-state index in [9.17, 15) is 0 Å². The summed E-state index contributed by atoms with van der Waals surface area (Å²) in [6.45, 7) is 0. The minimum atomic E-state index is 0.242. The summed E-state index contributed by atoms with van der Waals surface area (Å²) in [6, 6.07) is 0. The van der Waals surface area contributed by atoms with Crippen LogP contribution in [0.1, 0.15) is 35.8 Å². The van der Waals surface area contributed by atoms with Crippen molar-refractivity contribution in [2.45, 2.75) is 24.5 Å². The largest absolute Gasteiger partial charge is 0.239 e. The Labute approximate surface area is 88.1 Å². The number of thiol groups is 1. The summed E-state index contributed by atoms with van der Waals surface area (Å²) < 4.78 is 0. The number of rotatable bonds is 0. The summed E-state index contributed by atoms with van der Waals surface area (Å²) in [7, 11) is 0. The van der Waals surface area contributed by atoms with E-state index in [2.05, 4.69) is 27.9 Å². The predicted molar refractivity (Wildman–Crippen MR) is 57.4 cm³/mol. The minimum Gasteiger partial charge on any atom is -0.239 e. The zero-order chi connectivity index (χ0) is 9.54. The molecule has 0 fully saturated rings. The fraction of sp³-hybridized carbons (Fsp3) is 0.400. The third kappa shape index (κ3) is 1.07. The molecule has 0 aromatic carbocycles. The van der Waals surface area contributed by atoms with Gasteiger partial charge in [-0.05, 0) is 24.8 Å². The number of nitrogens with zero attached hydrogens (tertiary/aromatic N) is 3. The lowest BCUT2D eigenvalue weighted by Gasteiger charge is -2.09. The fourth-order valence-corrected chi connectivity index (χ4v) is 2.44. The van der Waals surface area contributed by atoms with Crippen LogP contribution in [0.4, 0.5) is 5.82 Å².